The van der Waals surface area contributed by atoms with Gasteiger partial charge in [-0.25, -0.2) is 0 Å². The number of hydrogen-bond acceptors (Lipinski definition) is 3. The fourth-order valence-electron chi connectivity index (χ4n) is 1.81. The first kappa shape index (κ1) is 14.4. The third-order valence-corrected chi connectivity index (χ3v) is 2.53. The minimum absolute atomic E-state index is 0.0583. The van der Waals surface area contributed by atoms with Crippen LogP contribution < -0.4 is 0 Å². The molecule has 15 heavy (non-hydrogen) atoms. The molecule has 0 aliphatic rings. The lowest BCUT2D eigenvalue weighted by Crippen LogP contribution is -2.43. The average Bonchev–Trinajstić information content (AvgIpc) is 2.14. The van der Waals surface area contributed by atoms with E-state index in [0.717, 1.165) is 6.54 Å². The Morgan fingerprint density at radius 2 is 1.93 bits per heavy atom. The van der Waals surface area contributed by atoms with E-state index in [1.807, 2.05) is 20.8 Å². The molecular weight excluding hydrogens is 194 g/mol. The van der Waals surface area contributed by atoms with E-state index in [1.54, 1.807) is 0 Å². The lowest BCUT2D eigenvalue weighted by Gasteiger charge is -2.32. The molecule has 4 nitrogen and oxygen atoms in total. The molecule has 2 atom stereocenters. The molecule has 4 heteroatoms. The highest BCUT2D eigenvalue weighted by molar-refractivity contribution is 5.67. The molecule has 0 aliphatic carbocycles. The van der Waals surface area contributed by atoms with Crippen LogP contribution in [0, 0.1) is 0 Å². The Kier molecular flexibility index (Phi) is 7.34. The molecule has 0 radical (unpaired) electrons. The molecule has 0 aromatic rings. The summed E-state index contributed by atoms with van der Waals surface area (Å²) in [6, 6.07) is 0.326. The summed E-state index contributed by atoms with van der Waals surface area (Å²) in [5, 5.41) is 8.73. The zero-order chi connectivity index (χ0) is 11.8. The number of ether oxygens (including phenoxy) is 1. The summed E-state index contributed by atoms with van der Waals surface area (Å²) < 4.78 is 5.34. The van der Waals surface area contributed by atoms with E-state index in [4.69, 9.17) is 9.84 Å². The number of carbonyl (C=O) groups is 1. The van der Waals surface area contributed by atoms with Crippen LogP contribution in [0.4, 0.5) is 0 Å². The molecule has 0 spiro atoms. The fraction of sp³-hybridized carbons (Fsp3) is 0.909. The molecule has 0 aromatic carbocycles. The van der Waals surface area contributed by atoms with Crippen LogP contribution >= 0.6 is 0 Å². The summed E-state index contributed by atoms with van der Waals surface area (Å²) in [5.41, 5.74) is 0. The molecule has 0 heterocycles. The third kappa shape index (κ3) is 5.74. The average molecular weight is 217 g/mol. The van der Waals surface area contributed by atoms with Crippen LogP contribution in [0.15, 0.2) is 0 Å². The highest BCUT2D eigenvalue weighted by Gasteiger charge is 2.20. The number of carboxylic acids is 1. The smallest absolute Gasteiger partial charge is 0.304 e. The molecule has 0 bridgehead atoms. The lowest BCUT2D eigenvalue weighted by molar-refractivity contribution is -0.138. The number of aliphatic carboxylic acids is 1. The molecule has 0 aliphatic heterocycles. The first-order chi connectivity index (χ1) is 7.02. The predicted molar refractivity (Wildman–Crippen MR) is 60.0 cm³/mol. The number of rotatable bonds is 8. The monoisotopic (exact) mass is 217 g/mol. The van der Waals surface area contributed by atoms with Gasteiger partial charge in [0.15, 0.2) is 0 Å². The van der Waals surface area contributed by atoms with Crippen molar-refractivity contribution >= 4 is 5.97 Å². The molecule has 0 saturated carbocycles. The van der Waals surface area contributed by atoms with Gasteiger partial charge in [0.2, 0.25) is 0 Å². The molecular formula is C11H23NO3. The van der Waals surface area contributed by atoms with E-state index < -0.39 is 5.97 Å². The van der Waals surface area contributed by atoms with Crippen molar-refractivity contribution in [1.29, 1.82) is 0 Å². The Morgan fingerprint density at radius 3 is 2.33 bits per heavy atom. The zero-order valence-electron chi connectivity index (χ0n) is 10.2. The predicted octanol–water partition coefficient (Wildman–Crippen LogP) is 1.60. The van der Waals surface area contributed by atoms with Crippen LogP contribution in [-0.2, 0) is 9.53 Å². The van der Waals surface area contributed by atoms with Gasteiger partial charge >= 0.3 is 5.97 Å². The molecule has 0 rings (SSSR count). The number of hydrogen-bond donors (Lipinski definition) is 1. The van der Waals surface area contributed by atoms with Gasteiger partial charge in [0.05, 0.1) is 13.0 Å². The Labute approximate surface area is 92.2 Å². The molecule has 0 fully saturated rings. The van der Waals surface area contributed by atoms with Gasteiger partial charge in [-0.1, -0.05) is 6.92 Å². The lowest BCUT2D eigenvalue weighted by atomic mass is 10.1. The van der Waals surface area contributed by atoms with E-state index in [2.05, 4.69) is 11.8 Å². The van der Waals surface area contributed by atoms with Crippen LogP contribution in [0.25, 0.3) is 0 Å². The largest absolute Gasteiger partial charge is 0.481 e. The summed E-state index contributed by atoms with van der Waals surface area (Å²) in [6.45, 7) is 10.2. The standard InChI is InChI=1S/C11H23NO3/c1-5-12(9(3)7-11(13)14)10(4)8-15-6-2/h9-10H,5-8H2,1-4H3,(H,13,14). The Balaban J connectivity index is 4.13. The van der Waals surface area contributed by atoms with Gasteiger partial charge in [0.1, 0.15) is 0 Å². The summed E-state index contributed by atoms with van der Waals surface area (Å²) in [7, 11) is 0. The zero-order valence-corrected chi connectivity index (χ0v) is 10.2. The summed E-state index contributed by atoms with van der Waals surface area (Å²) in [5.74, 6) is -0.746. The molecule has 0 saturated heterocycles. The molecule has 1 N–H and O–H groups in total. The second-order valence-electron chi connectivity index (χ2n) is 3.79. The summed E-state index contributed by atoms with van der Waals surface area (Å²) >= 11 is 0. The topological polar surface area (TPSA) is 49.8 Å². The molecule has 2 unspecified atom stereocenters. The quantitative estimate of drug-likeness (QED) is 0.671. The first-order valence-electron chi connectivity index (χ1n) is 5.58. The second-order valence-corrected chi connectivity index (χ2v) is 3.79. The normalized spacial score (nSPS) is 15.3. The molecule has 90 valence electrons. The highest BCUT2D eigenvalue weighted by Crippen LogP contribution is 2.09. The SMILES string of the molecule is CCOCC(C)N(CC)C(C)CC(=O)O. The van der Waals surface area contributed by atoms with Crippen molar-refractivity contribution < 1.29 is 14.6 Å². The maximum absolute atomic E-state index is 10.6. The van der Waals surface area contributed by atoms with Gasteiger partial charge in [0.25, 0.3) is 0 Å². The highest BCUT2D eigenvalue weighted by atomic mass is 16.5. The number of carboxylic acid groups (broad SMARTS) is 1. The molecule has 0 amide bonds. The van der Waals surface area contributed by atoms with Crippen molar-refractivity contribution in [2.45, 2.75) is 46.2 Å². The van der Waals surface area contributed by atoms with Crippen LogP contribution in [0.2, 0.25) is 0 Å². The van der Waals surface area contributed by atoms with E-state index in [-0.39, 0.29) is 18.5 Å². The van der Waals surface area contributed by atoms with Gasteiger partial charge in [-0.3, -0.25) is 9.69 Å². The van der Waals surface area contributed by atoms with Crippen molar-refractivity contribution in [2.75, 3.05) is 19.8 Å². The first-order valence-corrected chi connectivity index (χ1v) is 5.58. The van der Waals surface area contributed by atoms with Crippen molar-refractivity contribution in [3.63, 3.8) is 0 Å². The van der Waals surface area contributed by atoms with Crippen LogP contribution in [0.1, 0.15) is 34.1 Å². The van der Waals surface area contributed by atoms with Crippen LogP contribution in [0.3, 0.4) is 0 Å². The maximum atomic E-state index is 10.6. The van der Waals surface area contributed by atoms with Crippen molar-refractivity contribution in [3.05, 3.63) is 0 Å². The fourth-order valence-corrected chi connectivity index (χ4v) is 1.81. The van der Waals surface area contributed by atoms with E-state index in [9.17, 15) is 4.79 Å². The summed E-state index contributed by atoms with van der Waals surface area (Å²) in [6.07, 6.45) is 0.185. The summed E-state index contributed by atoms with van der Waals surface area (Å²) in [4.78, 5) is 12.8. The second kappa shape index (κ2) is 7.65. The third-order valence-electron chi connectivity index (χ3n) is 2.53. The van der Waals surface area contributed by atoms with Gasteiger partial charge in [-0.05, 0) is 27.3 Å². The molecule has 0 aromatic heterocycles. The van der Waals surface area contributed by atoms with Crippen molar-refractivity contribution in [2.24, 2.45) is 0 Å². The minimum Gasteiger partial charge on any atom is -0.481 e. The van der Waals surface area contributed by atoms with E-state index in [0.29, 0.717) is 13.2 Å². The Hall–Kier alpha value is -0.610. The van der Waals surface area contributed by atoms with Gasteiger partial charge in [-0.2, -0.15) is 0 Å². The van der Waals surface area contributed by atoms with Crippen molar-refractivity contribution in [3.8, 4) is 0 Å². The van der Waals surface area contributed by atoms with Crippen LogP contribution in [-0.4, -0.2) is 47.8 Å². The van der Waals surface area contributed by atoms with Gasteiger partial charge in [-0.15, -0.1) is 0 Å². The van der Waals surface area contributed by atoms with Gasteiger partial charge in [0, 0.05) is 18.7 Å². The Morgan fingerprint density at radius 1 is 1.33 bits per heavy atom. The maximum Gasteiger partial charge on any atom is 0.304 e. The van der Waals surface area contributed by atoms with Crippen molar-refractivity contribution in [1.82, 2.24) is 4.90 Å². The van der Waals surface area contributed by atoms with E-state index >= 15 is 0 Å². The Bertz CT molecular complexity index is 185. The van der Waals surface area contributed by atoms with Crippen LogP contribution in [0.5, 0.6) is 0 Å². The number of nitrogens with zero attached hydrogens (tertiary/aromatic N) is 1. The van der Waals surface area contributed by atoms with E-state index in [1.165, 1.54) is 0 Å². The number of likely N-dealkylation sites (N-methyl/N-ethyl adjacent to an activating group) is 1. The minimum atomic E-state index is -0.746. The van der Waals surface area contributed by atoms with Gasteiger partial charge < -0.3 is 9.84 Å².